The van der Waals surface area contributed by atoms with Crippen molar-refractivity contribution in [2.24, 2.45) is 0 Å². The highest BCUT2D eigenvalue weighted by Crippen LogP contribution is 2.26. The monoisotopic (exact) mass is 502 g/mol. The van der Waals surface area contributed by atoms with E-state index in [4.69, 9.17) is 35.0 Å². The van der Waals surface area contributed by atoms with Gasteiger partial charge in [-0.1, -0.05) is 49.0 Å². The van der Waals surface area contributed by atoms with Crippen molar-refractivity contribution in [2.45, 2.75) is 38.8 Å². The zero-order valence-electron chi connectivity index (χ0n) is 18.3. The first-order chi connectivity index (χ1) is 16.4. The highest BCUT2D eigenvalue weighted by molar-refractivity contribution is 6.33. The van der Waals surface area contributed by atoms with Gasteiger partial charge in [-0.05, 0) is 43.2 Å². The number of amides is 4. The third kappa shape index (κ3) is 8.58. The van der Waals surface area contributed by atoms with Crippen LogP contribution in [0.3, 0.4) is 0 Å². The van der Waals surface area contributed by atoms with Crippen molar-refractivity contribution in [3.8, 4) is 6.07 Å². The van der Waals surface area contributed by atoms with Crippen LogP contribution in [0.4, 0.5) is 26.7 Å². The fourth-order valence-electron chi connectivity index (χ4n) is 2.78. The van der Waals surface area contributed by atoms with Gasteiger partial charge in [0.05, 0.1) is 39.6 Å². The highest BCUT2D eigenvalue weighted by atomic mass is 35.5. The third-order valence-corrected chi connectivity index (χ3v) is 5.13. The fraction of sp³-hybridized carbons (Fsp3) is 0.273. The average molecular weight is 503 g/mol. The lowest BCUT2D eigenvalue weighted by atomic mass is 10.2. The summed E-state index contributed by atoms with van der Waals surface area (Å²) in [7, 11) is 0. The SMILES string of the molecule is [C-]#[N+]c1ccc(NNC(=O)NC(CCCCC)NC(=O)NNc2ccc(C#N)cc2Cl)c(Cl)c1. The zero-order chi connectivity index (χ0) is 24.9. The van der Waals surface area contributed by atoms with Crippen LogP contribution in [0.2, 0.25) is 10.0 Å². The Hall–Kier alpha value is -3.86. The molecule has 0 fully saturated rings. The molecule has 4 amide bonds. The molecule has 0 bridgehead atoms. The molecule has 0 saturated heterocycles. The normalized spacial score (nSPS) is 10.7. The molecule has 0 heterocycles. The Morgan fingerprint density at radius 3 is 2.09 bits per heavy atom. The average Bonchev–Trinajstić information content (AvgIpc) is 2.82. The van der Waals surface area contributed by atoms with Crippen LogP contribution < -0.4 is 32.3 Å². The van der Waals surface area contributed by atoms with Gasteiger partial charge in [-0.25, -0.2) is 14.4 Å². The Bertz CT molecular complexity index is 1020. The van der Waals surface area contributed by atoms with Crippen LogP contribution in [-0.4, -0.2) is 18.2 Å². The van der Waals surface area contributed by atoms with Gasteiger partial charge in [0.1, 0.15) is 6.17 Å². The summed E-state index contributed by atoms with van der Waals surface area (Å²) in [6.45, 7) is 9.04. The molecule has 34 heavy (non-hydrogen) atoms. The number of nitrogens with one attached hydrogen (secondary N) is 6. The molecule has 12 heteroatoms. The molecule has 2 aromatic rings. The van der Waals surface area contributed by atoms with E-state index in [2.05, 4.69) is 37.2 Å². The minimum Gasteiger partial charge on any atom is -0.316 e. The maximum Gasteiger partial charge on any atom is 0.335 e. The van der Waals surface area contributed by atoms with Gasteiger partial charge in [-0.15, -0.1) is 0 Å². The van der Waals surface area contributed by atoms with Crippen LogP contribution in [0.15, 0.2) is 36.4 Å². The molecule has 1 unspecified atom stereocenters. The van der Waals surface area contributed by atoms with Crippen LogP contribution in [0.1, 0.15) is 38.2 Å². The second kappa shape index (κ2) is 13.6. The van der Waals surface area contributed by atoms with Gasteiger partial charge in [0.15, 0.2) is 5.69 Å². The molecule has 0 spiro atoms. The van der Waals surface area contributed by atoms with Crippen LogP contribution in [0.25, 0.3) is 4.85 Å². The van der Waals surface area contributed by atoms with Crippen LogP contribution >= 0.6 is 23.2 Å². The van der Waals surface area contributed by atoms with Gasteiger partial charge in [-0.3, -0.25) is 21.7 Å². The molecule has 0 saturated carbocycles. The third-order valence-electron chi connectivity index (χ3n) is 4.51. The van der Waals surface area contributed by atoms with Crippen molar-refractivity contribution in [2.75, 3.05) is 10.9 Å². The maximum atomic E-state index is 12.4. The number of hydrogen-bond acceptors (Lipinski definition) is 5. The molecular weight excluding hydrogens is 479 g/mol. The molecule has 0 aromatic heterocycles. The summed E-state index contributed by atoms with van der Waals surface area (Å²) in [5.41, 5.74) is 11.9. The van der Waals surface area contributed by atoms with Crippen molar-refractivity contribution in [3.05, 3.63) is 63.4 Å². The molecular formula is C22H24Cl2N8O2. The van der Waals surface area contributed by atoms with Crippen molar-refractivity contribution in [3.63, 3.8) is 0 Å². The lowest BCUT2D eigenvalue weighted by Gasteiger charge is -2.21. The Balaban J connectivity index is 1.90. The largest absolute Gasteiger partial charge is 0.335 e. The Labute approximate surface area is 207 Å². The van der Waals surface area contributed by atoms with Gasteiger partial charge in [0.25, 0.3) is 0 Å². The number of halogens is 2. The minimum atomic E-state index is -0.661. The number of carbonyl (C=O) groups is 2. The molecule has 0 aliphatic heterocycles. The molecule has 6 N–H and O–H groups in total. The predicted octanol–water partition coefficient (Wildman–Crippen LogP) is 5.27. The summed E-state index contributed by atoms with van der Waals surface area (Å²) >= 11 is 12.2. The van der Waals surface area contributed by atoms with E-state index in [-0.39, 0.29) is 10.0 Å². The smallest absolute Gasteiger partial charge is 0.316 e. The number of rotatable bonds is 10. The number of benzene rings is 2. The molecule has 2 rings (SSSR count). The van der Waals surface area contributed by atoms with E-state index < -0.39 is 18.2 Å². The summed E-state index contributed by atoms with van der Waals surface area (Å²) < 4.78 is 0. The summed E-state index contributed by atoms with van der Waals surface area (Å²) in [5.74, 6) is 0. The molecule has 2 aromatic carbocycles. The topological polar surface area (TPSA) is 134 Å². The number of nitrogens with zero attached hydrogens (tertiary/aromatic N) is 2. The van der Waals surface area contributed by atoms with Gasteiger partial charge < -0.3 is 10.6 Å². The number of anilines is 2. The van der Waals surface area contributed by atoms with Crippen molar-refractivity contribution in [1.29, 1.82) is 5.26 Å². The van der Waals surface area contributed by atoms with E-state index in [1.54, 1.807) is 24.3 Å². The van der Waals surface area contributed by atoms with Crippen LogP contribution in [0.5, 0.6) is 0 Å². The summed E-state index contributed by atoms with van der Waals surface area (Å²) in [5, 5.41) is 14.8. The Kier molecular flexibility index (Phi) is 10.6. The number of unbranched alkanes of at least 4 members (excludes halogenated alkanes) is 2. The minimum absolute atomic E-state index is 0.269. The number of hydrazine groups is 2. The zero-order valence-corrected chi connectivity index (χ0v) is 19.8. The quantitative estimate of drug-likeness (QED) is 0.114. The van der Waals surface area contributed by atoms with Gasteiger partial charge in [-0.2, -0.15) is 5.26 Å². The summed E-state index contributed by atoms with van der Waals surface area (Å²) in [6.07, 6.45) is 2.54. The van der Waals surface area contributed by atoms with E-state index in [1.807, 2.05) is 13.0 Å². The second-order valence-electron chi connectivity index (χ2n) is 7.08. The molecule has 0 radical (unpaired) electrons. The first kappa shape index (κ1) is 26.4. The Morgan fingerprint density at radius 1 is 1.00 bits per heavy atom. The molecule has 10 nitrogen and oxygen atoms in total. The number of hydrogen-bond donors (Lipinski definition) is 6. The highest BCUT2D eigenvalue weighted by Gasteiger charge is 2.15. The first-order valence-electron chi connectivity index (χ1n) is 10.4. The lowest BCUT2D eigenvalue weighted by Crippen LogP contribution is -2.54. The second-order valence-corrected chi connectivity index (χ2v) is 7.89. The van der Waals surface area contributed by atoms with Crippen LogP contribution in [-0.2, 0) is 0 Å². The summed E-state index contributed by atoms with van der Waals surface area (Å²) in [6, 6.07) is 9.99. The fourth-order valence-corrected chi connectivity index (χ4v) is 3.23. The van der Waals surface area contributed by atoms with E-state index >= 15 is 0 Å². The molecule has 0 aliphatic carbocycles. The van der Waals surface area contributed by atoms with Gasteiger partial charge >= 0.3 is 12.1 Å². The van der Waals surface area contributed by atoms with Crippen LogP contribution in [0, 0.1) is 17.9 Å². The number of nitriles is 1. The maximum absolute atomic E-state index is 12.4. The van der Waals surface area contributed by atoms with Crippen molar-refractivity contribution >= 4 is 52.3 Å². The summed E-state index contributed by atoms with van der Waals surface area (Å²) in [4.78, 5) is 28.0. The van der Waals surface area contributed by atoms with E-state index in [9.17, 15) is 9.59 Å². The lowest BCUT2D eigenvalue weighted by molar-refractivity contribution is 0.226. The standard InChI is InChI=1S/C22H24Cl2N8O2/c1-3-4-5-6-20(27-21(33)31-29-18-9-7-14(13-25)11-16(18)23)28-22(34)32-30-19-10-8-15(26-2)12-17(19)24/h7-12,20,29-30H,3-6H2,1H3,(H2,27,31,33)(H2,28,32,34). The van der Waals surface area contributed by atoms with Gasteiger partial charge in [0.2, 0.25) is 0 Å². The van der Waals surface area contributed by atoms with E-state index in [0.717, 1.165) is 19.3 Å². The Morgan fingerprint density at radius 2 is 1.59 bits per heavy atom. The number of carbonyl (C=O) groups excluding carboxylic acids is 2. The predicted molar refractivity (Wildman–Crippen MR) is 132 cm³/mol. The molecule has 1 atom stereocenters. The van der Waals surface area contributed by atoms with Gasteiger partial charge in [0, 0.05) is 0 Å². The van der Waals surface area contributed by atoms with Crippen molar-refractivity contribution < 1.29 is 9.59 Å². The van der Waals surface area contributed by atoms with Crippen molar-refractivity contribution in [1.82, 2.24) is 21.5 Å². The number of urea groups is 2. The molecule has 178 valence electrons. The van der Waals surface area contributed by atoms with E-state index in [0.29, 0.717) is 29.0 Å². The molecule has 0 aliphatic rings. The first-order valence-corrected chi connectivity index (χ1v) is 11.1. The van der Waals surface area contributed by atoms with E-state index in [1.165, 1.54) is 12.1 Å².